The van der Waals surface area contributed by atoms with E-state index in [2.05, 4.69) is 48.8 Å². The maximum Gasteiger partial charge on any atom is 0.226 e. The van der Waals surface area contributed by atoms with Gasteiger partial charge in [-0.25, -0.2) is 4.98 Å². The van der Waals surface area contributed by atoms with E-state index in [1.54, 1.807) is 0 Å². The van der Waals surface area contributed by atoms with Crippen LogP contribution < -0.4 is 0 Å². The van der Waals surface area contributed by atoms with Crippen LogP contribution in [0.1, 0.15) is 76.3 Å². The van der Waals surface area contributed by atoms with E-state index in [9.17, 15) is 4.79 Å². The molecule has 1 aromatic carbocycles. The normalized spacial score (nSPS) is 22.5. The van der Waals surface area contributed by atoms with Crippen LogP contribution in [0.15, 0.2) is 28.7 Å². The summed E-state index contributed by atoms with van der Waals surface area (Å²) in [7, 11) is 0. The maximum atomic E-state index is 12.8. The molecule has 0 spiro atoms. The number of unbranched alkanes of at least 4 members (excludes halogenated alkanes) is 1. The van der Waals surface area contributed by atoms with Crippen molar-refractivity contribution in [3.63, 3.8) is 0 Å². The zero-order chi connectivity index (χ0) is 24.8. The molecule has 0 N–H and O–H groups in total. The van der Waals surface area contributed by atoms with Gasteiger partial charge in [-0.1, -0.05) is 39.0 Å². The lowest BCUT2D eigenvalue weighted by molar-refractivity contribution is -0.124. The minimum Gasteiger partial charge on any atom is -0.441 e. The quantitative estimate of drug-likeness (QED) is 0.383. The van der Waals surface area contributed by atoms with Crippen molar-refractivity contribution >= 4 is 5.78 Å². The third kappa shape index (κ3) is 7.04. The number of aryl methyl sites for hydroxylation is 2. The number of hydrogen-bond acceptors (Lipinski definition) is 5. The third-order valence-corrected chi connectivity index (χ3v) is 8.03. The van der Waals surface area contributed by atoms with Crippen molar-refractivity contribution in [2.24, 2.45) is 17.8 Å². The summed E-state index contributed by atoms with van der Waals surface area (Å²) in [6.45, 7) is 15.3. The number of carbonyl (C=O) groups excluding carboxylic acids is 1. The highest BCUT2D eigenvalue weighted by atomic mass is 16.4. The molecule has 192 valence electrons. The Hall–Kier alpha value is -1.98. The van der Waals surface area contributed by atoms with E-state index in [0.717, 1.165) is 99.4 Å². The number of rotatable bonds is 10. The maximum absolute atomic E-state index is 12.8. The molecule has 2 saturated heterocycles. The largest absolute Gasteiger partial charge is 0.441 e. The summed E-state index contributed by atoms with van der Waals surface area (Å²) >= 11 is 0. The van der Waals surface area contributed by atoms with Crippen LogP contribution >= 0.6 is 0 Å². The van der Waals surface area contributed by atoms with E-state index in [4.69, 9.17) is 9.40 Å². The van der Waals surface area contributed by atoms with Gasteiger partial charge in [-0.2, -0.15) is 0 Å². The monoisotopic (exact) mass is 479 g/mol. The highest BCUT2D eigenvalue weighted by Crippen LogP contribution is 2.28. The smallest absolute Gasteiger partial charge is 0.226 e. The standard InChI is InChI=1S/C30H45N3O2/c1-5-25-10-6-7-11-27(25)30-31-28(24(4)35-30)21-32-16-13-26(14-17-32)29(34)12-8-9-15-33-19-22(2)18-23(3)20-33/h6-7,10-11,22-23,26H,5,8-9,12-21H2,1-4H3/t22-,23+. The molecule has 4 rings (SSSR count). The van der Waals surface area contributed by atoms with Crippen molar-refractivity contribution in [3.8, 4) is 11.5 Å². The first-order chi connectivity index (χ1) is 16.9. The molecule has 2 aliphatic rings. The van der Waals surface area contributed by atoms with E-state index in [1.807, 2.05) is 13.0 Å². The molecular formula is C30H45N3O2. The van der Waals surface area contributed by atoms with E-state index in [-0.39, 0.29) is 5.92 Å². The number of nitrogens with zero attached hydrogens (tertiary/aromatic N) is 3. The molecular weight excluding hydrogens is 434 g/mol. The van der Waals surface area contributed by atoms with Crippen molar-refractivity contribution < 1.29 is 9.21 Å². The topological polar surface area (TPSA) is 49.6 Å². The molecule has 0 bridgehead atoms. The van der Waals surface area contributed by atoms with E-state index < -0.39 is 0 Å². The van der Waals surface area contributed by atoms with Gasteiger partial charge in [-0.05, 0) is 88.5 Å². The van der Waals surface area contributed by atoms with Gasteiger partial charge in [0.05, 0.1) is 5.69 Å². The third-order valence-electron chi connectivity index (χ3n) is 8.03. The van der Waals surface area contributed by atoms with Gasteiger partial charge < -0.3 is 9.32 Å². The SMILES string of the molecule is CCc1ccccc1-c1nc(CN2CCC(C(=O)CCCCN3C[C@H](C)C[C@H](C)C3)CC2)c(C)o1. The predicted octanol–water partition coefficient (Wildman–Crippen LogP) is 6.14. The molecule has 0 saturated carbocycles. The number of Topliss-reactive ketones (excluding diaryl/α,β-unsaturated/α-hetero) is 1. The summed E-state index contributed by atoms with van der Waals surface area (Å²) in [6, 6.07) is 8.35. The van der Waals surface area contributed by atoms with Gasteiger partial charge in [0.15, 0.2) is 0 Å². The Bertz CT molecular complexity index is 950. The highest BCUT2D eigenvalue weighted by Gasteiger charge is 2.26. The Morgan fingerprint density at radius 1 is 1.06 bits per heavy atom. The van der Waals surface area contributed by atoms with Crippen LogP contribution in [-0.2, 0) is 17.8 Å². The van der Waals surface area contributed by atoms with Gasteiger partial charge in [0, 0.05) is 37.5 Å². The molecule has 2 fully saturated rings. The molecule has 1 aromatic heterocycles. The van der Waals surface area contributed by atoms with Crippen LogP contribution in [0.4, 0.5) is 0 Å². The molecule has 2 atom stereocenters. The van der Waals surface area contributed by atoms with E-state index in [0.29, 0.717) is 5.78 Å². The number of aromatic nitrogens is 1. The molecule has 0 amide bonds. The van der Waals surface area contributed by atoms with Crippen LogP contribution in [0, 0.1) is 24.7 Å². The summed E-state index contributed by atoms with van der Waals surface area (Å²) in [5, 5.41) is 0. The highest BCUT2D eigenvalue weighted by molar-refractivity contribution is 5.81. The molecule has 3 heterocycles. The van der Waals surface area contributed by atoms with Gasteiger partial charge in [-0.15, -0.1) is 0 Å². The molecule has 2 aliphatic heterocycles. The molecule has 0 aliphatic carbocycles. The molecule has 2 aromatic rings. The lowest BCUT2D eigenvalue weighted by Crippen LogP contribution is -2.39. The van der Waals surface area contributed by atoms with Crippen LogP contribution in [0.25, 0.3) is 11.5 Å². The van der Waals surface area contributed by atoms with Crippen molar-refractivity contribution in [3.05, 3.63) is 41.3 Å². The second-order valence-corrected chi connectivity index (χ2v) is 11.2. The summed E-state index contributed by atoms with van der Waals surface area (Å²) in [6.07, 6.45) is 7.22. The lowest BCUT2D eigenvalue weighted by Gasteiger charge is -2.35. The van der Waals surface area contributed by atoms with Gasteiger partial charge in [0.25, 0.3) is 0 Å². The van der Waals surface area contributed by atoms with E-state index in [1.165, 1.54) is 25.1 Å². The van der Waals surface area contributed by atoms with Crippen LogP contribution in [0.2, 0.25) is 0 Å². The van der Waals surface area contributed by atoms with Crippen molar-refractivity contribution in [2.45, 2.75) is 79.2 Å². The molecule has 5 heteroatoms. The average Bonchev–Trinajstić information content (AvgIpc) is 3.21. The Morgan fingerprint density at radius 3 is 2.49 bits per heavy atom. The number of likely N-dealkylation sites (tertiary alicyclic amines) is 2. The first kappa shape index (κ1) is 26.1. The van der Waals surface area contributed by atoms with Crippen LogP contribution in [0.5, 0.6) is 0 Å². The number of hydrogen-bond donors (Lipinski definition) is 0. The second-order valence-electron chi connectivity index (χ2n) is 11.2. The zero-order valence-electron chi connectivity index (χ0n) is 22.4. The predicted molar refractivity (Wildman–Crippen MR) is 142 cm³/mol. The Labute approximate surface area is 212 Å². The fourth-order valence-electron chi connectivity index (χ4n) is 6.17. The Morgan fingerprint density at radius 2 is 1.77 bits per heavy atom. The van der Waals surface area contributed by atoms with Gasteiger partial charge in [0.2, 0.25) is 5.89 Å². The van der Waals surface area contributed by atoms with Gasteiger partial charge >= 0.3 is 0 Å². The summed E-state index contributed by atoms with van der Waals surface area (Å²) in [4.78, 5) is 22.7. The zero-order valence-corrected chi connectivity index (χ0v) is 22.4. The van der Waals surface area contributed by atoms with Gasteiger partial charge in [0.1, 0.15) is 11.5 Å². The molecule has 0 radical (unpaired) electrons. The van der Waals surface area contributed by atoms with Crippen molar-refractivity contribution in [1.29, 1.82) is 0 Å². The number of carbonyl (C=O) groups is 1. The van der Waals surface area contributed by atoms with Crippen molar-refractivity contribution in [1.82, 2.24) is 14.8 Å². The first-order valence-corrected chi connectivity index (χ1v) is 13.9. The first-order valence-electron chi connectivity index (χ1n) is 13.9. The molecule has 35 heavy (non-hydrogen) atoms. The Balaban J connectivity index is 1.19. The minimum atomic E-state index is 0.242. The number of oxazole rings is 1. The molecule has 0 unspecified atom stereocenters. The Kier molecular flexibility index (Phi) is 9.18. The fourth-order valence-corrected chi connectivity index (χ4v) is 6.17. The van der Waals surface area contributed by atoms with Crippen molar-refractivity contribution in [2.75, 3.05) is 32.7 Å². The van der Waals surface area contributed by atoms with E-state index >= 15 is 0 Å². The number of benzene rings is 1. The summed E-state index contributed by atoms with van der Waals surface area (Å²) in [5.74, 6) is 3.98. The minimum absolute atomic E-state index is 0.242. The van der Waals surface area contributed by atoms with Gasteiger partial charge in [-0.3, -0.25) is 9.69 Å². The summed E-state index contributed by atoms with van der Waals surface area (Å²) in [5.41, 5.74) is 3.38. The number of piperidine rings is 2. The van der Waals surface area contributed by atoms with Crippen LogP contribution in [-0.4, -0.2) is 53.3 Å². The number of ketones is 1. The van der Waals surface area contributed by atoms with Crippen LogP contribution in [0.3, 0.4) is 0 Å². The summed E-state index contributed by atoms with van der Waals surface area (Å²) < 4.78 is 6.06. The lowest BCUT2D eigenvalue weighted by atomic mass is 9.89. The fraction of sp³-hybridized carbons (Fsp3) is 0.667. The second kappa shape index (κ2) is 12.3. The molecule has 5 nitrogen and oxygen atoms in total. The average molecular weight is 480 g/mol.